The lowest BCUT2D eigenvalue weighted by Gasteiger charge is -2.32. The van der Waals surface area contributed by atoms with Crippen molar-refractivity contribution in [2.24, 2.45) is 0 Å². The molecule has 0 saturated carbocycles. The van der Waals surface area contributed by atoms with Crippen LogP contribution in [-0.2, 0) is 12.7 Å². The Balaban J connectivity index is 1.89. The summed E-state index contributed by atoms with van der Waals surface area (Å²) in [5.41, 5.74) is 1.18. The van der Waals surface area contributed by atoms with E-state index in [0.717, 1.165) is 30.0 Å². The van der Waals surface area contributed by atoms with Gasteiger partial charge in [-0.25, -0.2) is 13.6 Å². The van der Waals surface area contributed by atoms with Gasteiger partial charge in [0.25, 0.3) is 0 Å². The highest BCUT2D eigenvalue weighted by atomic mass is 32.2. The van der Waals surface area contributed by atoms with Gasteiger partial charge in [-0.05, 0) is 18.2 Å². The minimum atomic E-state index is -4.84. The average molecular weight is 492 g/mol. The van der Waals surface area contributed by atoms with Crippen LogP contribution < -0.4 is 15.9 Å². The molecule has 3 aromatic rings. The Morgan fingerprint density at radius 1 is 1.18 bits per heavy atom. The molecule has 1 aromatic heterocycles. The van der Waals surface area contributed by atoms with Gasteiger partial charge < -0.3 is 10.2 Å². The van der Waals surface area contributed by atoms with E-state index in [2.05, 4.69) is 22.6 Å². The monoisotopic (exact) mass is 492 g/mol. The van der Waals surface area contributed by atoms with Crippen molar-refractivity contribution in [1.29, 1.82) is 0 Å². The van der Waals surface area contributed by atoms with Gasteiger partial charge in [0.15, 0.2) is 0 Å². The molecule has 1 fully saturated rings. The molecule has 176 valence electrons. The summed E-state index contributed by atoms with van der Waals surface area (Å²) >= 11 is 1.11. The van der Waals surface area contributed by atoms with Crippen molar-refractivity contribution in [1.82, 2.24) is 14.9 Å². The van der Waals surface area contributed by atoms with Crippen LogP contribution in [0, 0.1) is 11.6 Å². The highest BCUT2D eigenvalue weighted by Gasteiger charge is 2.39. The van der Waals surface area contributed by atoms with Crippen LogP contribution in [0.1, 0.15) is 5.56 Å². The second-order valence-electron chi connectivity index (χ2n) is 7.87. The average Bonchev–Trinajstić information content (AvgIpc) is 2.80. The van der Waals surface area contributed by atoms with Crippen molar-refractivity contribution in [3.05, 3.63) is 70.0 Å². The number of hydrogen-bond acceptors (Lipinski definition) is 5. The minimum Gasteiger partial charge on any atom is -0.379 e. The largest absolute Gasteiger partial charge is 0.417 e. The number of aryl methyl sites for hydroxylation is 1. The third kappa shape index (κ3) is 3.65. The van der Waals surface area contributed by atoms with Gasteiger partial charge >= 0.3 is 11.9 Å². The third-order valence-electron chi connectivity index (χ3n) is 5.85. The summed E-state index contributed by atoms with van der Waals surface area (Å²) in [6.07, 6.45) is -4.84. The summed E-state index contributed by atoms with van der Waals surface area (Å²) in [5, 5.41) is 3.23. The number of benzene rings is 2. The molecule has 0 spiro atoms. The van der Waals surface area contributed by atoms with E-state index in [1.807, 2.05) is 0 Å². The molecule has 0 radical (unpaired) electrons. The van der Waals surface area contributed by atoms with Crippen LogP contribution in [0.4, 0.5) is 27.8 Å². The highest BCUT2D eigenvalue weighted by Crippen LogP contribution is 2.48. The number of rotatable bonds is 2. The first-order valence-corrected chi connectivity index (χ1v) is 11.3. The summed E-state index contributed by atoms with van der Waals surface area (Å²) in [4.78, 5) is 18.9. The molecular weight excluding hydrogens is 475 g/mol. The number of halogens is 5. The first-order valence-electron chi connectivity index (χ1n) is 10.3. The van der Waals surface area contributed by atoms with E-state index < -0.39 is 34.6 Å². The maximum Gasteiger partial charge on any atom is 0.417 e. The van der Waals surface area contributed by atoms with Crippen molar-refractivity contribution in [2.75, 3.05) is 30.3 Å². The molecule has 1 N–H and O–H groups in total. The van der Waals surface area contributed by atoms with Gasteiger partial charge in [0.2, 0.25) is 0 Å². The Morgan fingerprint density at radius 3 is 2.68 bits per heavy atom. The van der Waals surface area contributed by atoms with Crippen molar-refractivity contribution in [3.8, 4) is 11.1 Å². The van der Waals surface area contributed by atoms with Crippen LogP contribution in [0.2, 0.25) is 0 Å². The fourth-order valence-corrected chi connectivity index (χ4v) is 5.57. The van der Waals surface area contributed by atoms with Crippen LogP contribution in [0.5, 0.6) is 0 Å². The number of aromatic nitrogens is 2. The fourth-order valence-electron chi connectivity index (χ4n) is 4.37. The molecular formula is C23H17F5N4OS. The normalized spacial score (nSPS) is 15.9. The van der Waals surface area contributed by atoms with E-state index in [0.29, 0.717) is 30.6 Å². The predicted molar refractivity (Wildman–Crippen MR) is 120 cm³/mol. The summed E-state index contributed by atoms with van der Waals surface area (Å²) in [7, 11) is 0. The van der Waals surface area contributed by atoms with Gasteiger partial charge in [-0.2, -0.15) is 18.2 Å². The number of alkyl halides is 3. The second kappa shape index (κ2) is 8.18. The van der Waals surface area contributed by atoms with Crippen LogP contribution in [0.15, 0.2) is 52.0 Å². The third-order valence-corrected chi connectivity index (χ3v) is 6.92. The zero-order chi connectivity index (χ0) is 24.2. The highest BCUT2D eigenvalue weighted by molar-refractivity contribution is 7.99. The lowest BCUT2D eigenvalue weighted by atomic mass is 9.95. The second-order valence-corrected chi connectivity index (χ2v) is 8.97. The molecule has 0 unspecified atom stereocenters. The predicted octanol–water partition coefficient (Wildman–Crippen LogP) is 4.54. The van der Waals surface area contributed by atoms with Crippen molar-refractivity contribution >= 4 is 28.5 Å². The van der Waals surface area contributed by atoms with Crippen LogP contribution >= 0.6 is 11.8 Å². The first-order chi connectivity index (χ1) is 16.2. The van der Waals surface area contributed by atoms with Crippen LogP contribution in [-0.4, -0.2) is 34.9 Å². The molecule has 0 atom stereocenters. The number of hydrogen-bond donors (Lipinski definition) is 1. The zero-order valence-electron chi connectivity index (χ0n) is 17.6. The molecule has 0 bridgehead atoms. The topological polar surface area (TPSA) is 50.2 Å². The smallest absolute Gasteiger partial charge is 0.379 e. The summed E-state index contributed by atoms with van der Waals surface area (Å²) in [5.74, 6) is -1.59. The fraction of sp³-hybridized carbons (Fsp3) is 0.261. The minimum absolute atomic E-state index is 0.117. The molecule has 2 aliphatic rings. The van der Waals surface area contributed by atoms with Gasteiger partial charge in [0, 0.05) is 52.9 Å². The molecule has 2 aromatic carbocycles. The zero-order valence-corrected chi connectivity index (χ0v) is 18.4. The van der Waals surface area contributed by atoms with E-state index in [4.69, 9.17) is 0 Å². The number of nitrogens with one attached hydrogen (secondary N) is 1. The lowest BCUT2D eigenvalue weighted by molar-refractivity contribution is -0.137. The van der Waals surface area contributed by atoms with E-state index in [1.54, 1.807) is 4.90 Å². The Labute approximate surface area is 194 Å². The van der Waals surface area contributed by atoms with E-state index in [-0.39, 0.29) is 40.3 Å². The van der Waals surface area contributed by atoms with Crippen molar-refractivity contribution in [3.63, 3.8) is 0 Å². The van der Waals surface area contributed by atoms with Crippen molar-refractivity contribution in [2.45, 2.75) is 17.6 Å². The molecule has 2 aliphatic heterocycles. The molecule has 0 amide bonds. The number of thioether (sulfide) groups is 1. The molecule has 5 rings (SSSR count). The summed E-state index contributed by atoms with van der Waals surface area (Å²) in [6.45, 7) is 4.95. The van der Waals surface area contributed by atoms with Gasteiger partial charge in [-0.3, -0.25) is 4.57 Å². The molecule has 3 heterocycles. The lowest BCUT2D eigenvalue weighted by Crippen LogP contribution is -2.43. The van der Waals surface area contributed by atoms with Crippen LogP contribution in [0.3, 0.4) is 0 Å². The van der Waals surface area contributed by atoms with Gasteiger partial charge in [0.1, 0.15) is 17.5 Å². The number of nitrogens with zero attached hydrogens (tertiary/aromatic N) is 3. The van der Waals surface area contributed by atoms with Crippen molar-refractivity contribution < 1.29 is 22.0 Å². The molecule has 11 heteroatoms. The molecule has 0 aliphatic carbocycles. The number of piperazine rings is 1. The Morgan fingerprint density at radius 2 is 1.97 bits per heavy atom. The first kappa shape index (κ1) is 22.5. The standard InChI is InChI=1S/C23H17F5N4OS/c1-2-13-11-31(6-5-29-13)21-15-10-16(23(26,27)28)18(14-4-3-12(24)9-17(14)25)20-19(15)32(7-8-34-20)22(33)30-21/h3-4,9-10,29H,1,5-8,11H2. The Hall–Kier alpha value is -3.30. The quantitative estimate of drug-likeness (QED) is 0.421. The van der Waals surface area contributed by atoms with E-state index in [1.165, 1.54) is 4.57 Å². The maximum absolute atomic E-state index is 14.7. The van der Waals surface area contributed by atoms with E-state index >= 15 is 0 Å². The number of anilines is 1. The summed E-state index contributed by atoms with van der Waals surface area (Å²) < 4.78 is 72.6. The summed E-state index contributed by atoms with van der Waals surface area (Å²) in [6, 6.07) is 3.38. The van der Waals surface area contributed by atoms with E-state index in [9.17, 15) is 26.7 Å². The molecule has 34 heavy (non-hydrogen) atoms. The molecule has 1 saturated heterocycles. The Kier molecular flexibility index (Phi) is 5.41. The molecule has 5 nitrogen and oxygen atoms in total. The Bertz CT molecular complexity index is 1440. The van der Waals surface area contributed by atoms with Gasteiger partial charge in [-0.15, -0.1) is 17.5 Å². The SMILES string of the molecule is C=C=C1CN(c2nc(=O)n3c4c(c(-c5ccc(F)cc5F)c(C(F)(F)F)cc24)SCC3)CCN1. The van der Waals surface area contributed by atoms with Gasteiger partial charge in [-0.1, -0.05) is 6.58 Å². The maximum atomic E-state index is 14.7. The van der Waals surface area contributed by atoms with Gasteiger partial charge in [0.05, 0.1) is 23.3 Å². The van der Waals surface area contributed by atoms with Crippen LogP contribution in [0.25, 0.3) is 22.0 Å².